The van der Waals surface area contributed by atoms with Crippen molar-refractivity contribution in [2.45, 2.75) is 154 Å². The number of carbonyl (C=O) groups excluding carboxylic acids is 3. The van der Waals surface area contributed by atoms with Crippen molar-refractivity contribution in [3.05, 3.63) is 133 Å². The lowest BCUT2D eigenvalue weighted by Crippen LogP contribution is -2.74. The van der Waals surface area contributed by atoms with E-state index in [9.17, 15) is 9.59 Å². The van der Waals surface area contributed by atoms with E-state index in [0.29, 0.717) is 18.8 Å². The van der Waals surface area contributed by atoms with Crippen LogP contribution in [0.15, 0.2) is 133 Å². The molecule has 1 saturated heterocycles. The van der Waals surface area contributed by atoms with Crippen molar-refractivity contribution in [1.29, 1.82) is 0 Å². The molecule has 4 bridgehead atoms. The van der Waals surface area contributed by atoms with E-state index in [-0.39, 0.29) is 40.4 Å². The van der Waals surface area contributed by atoms with E-state index in [1.165, 1.54) is 10.4 Å². The summed E-state index contributed by atoms with van der Waals surface area (Å²) in [4.78, 5) is 43.2. The summed E-state index contributed by atoms with van der Waals surface area (Å²) >= 11 is 2.54. The van der Waals surface area contributed by atoms with Crippen LogP contribution in [0.4, 0.5) is 0 Å². The second kappa shape index (κ2) is 21.0. The number of ether oxygens (including phenoxy) is 4. The fraction of sp³-hybridized carbons (Fsp3) is 0.547. The zero-order valence-electron chi connectivity index (χ0n) is 47.3. The number of rotatable bonds is 16. The number of carbonyl (C=O) groups is 3. The van der Waals surface area contributed by atoms with E-state index in [2.05, 4.69) is 219 Å². The third-order valence-corrected chi connectivity index (χ3v) is 30.1. The molecule has 4 aliphatic carbocycles. The molecule has 9 rings (SSSR count). The standard InChI is InChI=1S/C64H83IO9Si2/c1-42(2)52-36-45-37-62(39-66)51-35-34-43(3)50(51)38-63(45,64(52,62)58(68)71-41-70-57(67)59(5,6)7)40-69-56-53(65)55(74-76(61(11,12)13,48-30-22-16-23-31-48)49-32-24-17-25-33-49)54(44(4)72-56)73-75(60(8,9)10,46-26-18-14-19-27-46)47-28-20-15-21-29-47/h14-33,36,39,42-45,50-51,53-56H,34-35,37-38,40-41H2,1-13H3/t43-,44-,45-,50-,51-,53-,54-,55-,56-,62+,63+,64+/m1/s1. The first kappa shape index (κ1) is 56.9. The molecule has 12 atom stereocenters. The lowest BCUT2D eigenvalue weighted by molar-refractivity contribution is -0.253. The monoisotopic (exact) mass is 1180 g/mol. The molecular weight excluding hydrogens is 1100 g/mol. The molecule has 0 unspecified atom stereocenters. The average molecular weight is 1180 g/mol. The van der Waals surface area contributed by atoms with Gasteiger partial charge < -0.3 is 32.6 Å². The highest BCUT2D eigenvalue weighted by Gasteiger charge is 2.85. The normalized spacial score (nSPS) is 31.4. The summed E-state index contributed by atoms with van der Waals surface area (Å²) < 4.78 is 43.0. The van der Waals surface area contributed by atoms with E-state index in [4.69, 9.17) is 27.8 Å². The molecule has 0 radical (unpaired) electrons. The Hall–Kier alpha value is -3.77. The van der Waals surface area contributed by atoms with Gasteiger partial charge in [-0.15, -0.1) is 0 Å². The molecule has 1 aliphatic heterocycles. The van der Waals surface area contributed by atoms with Crippen molar-refractivity contribution < 1.29 is 42.2 Å². The zero-order valence-corrected chi connectivity index (χ0v) is 51.4. The van der Waals surface area contributed by atoms with Gasteiger partial charge in [0, 0.05) is 5.41 Å². The predicted molar refractivity (Wildman–Crippen MR) is 314 cm³/mol. The number of allylic oxidation sites excluding steroid dienone is 1. The van der Waals surface area contributed by atoms with Crippen molar-refractivity contribution in [2.24, 2.45) is 51.2 Å². The quantitative estimate of drug-likeness (QED) is 0.0206. The highest BCUT2D eigenvalue weighted by atomic mass is 127. The van der Waals surface area contributed by atoms with Crippen LogP contribution in [-0.2, 0) is 42.2 Å². The van der Waals surface area contributed by atoms with Crippen molar-refractivity contribution in [2.75, 3.05) is 13.4 Å². The maximum atomic E-state index is 15.7. The molecule has 3 saturated carbocycles. The van der Waals surface area contributed by atoms with E-state index in [1.54, 1.807) is 20.8 Å². The summed E-state index contributed by atoms with van der Waals surface area (Å²) in [5.41, 5.74) is -3.08. The minimum Gasteiger partial charge on any atom is -0.427 e. The predicted octanol–water partition coefficient (Wildman–Crippen LogP) is 11.4. The van der Waals surface area contributed by atoms with E-state index in [1.807, 2.05) is 0 Å². The van der Waals surface area contributed by atoms with Gasteiger partial charge in [-0.1, -0.05) is 224 Å². The summed E-state index contributed by atoms with van der Waals surface area (Å²) in [7, 11) is -6.52. The Kier molecular flexibility index (Phi) is 15.8. The van der Waals surface area contributed by atoms with Crippen molar-refractivity contribution in [1.82, 2.24) is 0 Å². The number of esters is 2. The van der Waals surface area contributed by atoms with Crippen LogP contribution in [0.2, 0.25) is 10.1 Å². The number of fused-ring (bicyclic) bond motifs is 2. The first-order chi connectivity index (χ1) is 35.9. The largest absolute Gasteiger partial charge is 0.427 e. The fourth-order valence-electron chi connectivity index (χ4n) is 15.5. The molecule has 0 amide bonds. The highest BCUT2D eigenvalue weighted by molar-refractivity contribution is 14.1. The second-order valence-electron chi connectivity index (χ2n) is 26.4. The molecule has 12 heteroatoms. The van der Waals surface area contributed by atoms with Gasteiger partial charge in [0.25, 0.3) is 16.6 Å². The molecule has 0 aromatic heterocycles. The number of halogens is 1. The third kappa shape index (κ3) is 8.92. The minimum absolute atomic E-state index is 0.00264. The van der Waals surface area contributed by atoms with Gasteiger partial charge in [-0.25, -0.2) is 0 Å². The molecule has 4 aromatic carbocycles. The molecule has 0 spiro atoms. The first-order valence-corrected chi connectivity index (χ1v) is 33.0. The summed E-state index contributed by atoms with van der Waals surface area (Å²) in [5.74, 6) is -0.620. The lowest BCUT2D eigenvalue weighted by Gasteiger charge is -2.59. The van der Waals surface area contributed by atoms with Crippen LogP contribution in [0.5, 0.6) is 0 Å². The van der Waals surface area contributed by atoms with E-state index < -0.39 is 85.6 Å². The maximum Gasteiger partial charge on any atom is 0.320 e. The molecule has 4 aromatic rings. The number of hydrogen-bond donors (Lipinski definition) is 0. The molecule has 9 nitrogen and oxygen atoms in total. The van der Waals surface area contributed by atoms with Crippen LogP contribution in [0.1, 0.15) is 116 Å². The number of hydrogen-bond acceptors (Lipinski definition) is 9. The fourth-order valence-corrected chi connectivity index (χ4v) is 26.1. The first-order valence-electron chi connectivity index (χ1n) is 27.9. The third-order valence-electron chi connectivity index (χ3n) is 18.8. The van der Waals surface area contributed by atoms with Crippen molar-refractivity contribution in [3.63, 3.8) is 0 Å². The highest BCUT2D eigenvalue weighted by Crippen LogP contribution is 2.83. The molecule has 0 N–H and O–H groups in total. The number of benzene rings is 4. The van der Waals surface area contributed by atoms with Crippen LogP contribution in [0.3, 0.4) is 0 Å². The van der Waals surface area contributed by atoms with Gasteiger partial charge >= 0.3 is 11.9 Å². The van der Waals surface area contributed by atoms with Crippen LogP contribution in [0.25, 0.3) is 0 Å². The van der Waals surface area contributed by atoms with Gasteiger partial charge in [0.15, 0.2) is 6.29 Å². The summed E-state index contributed by atoms with van der Waals surface area (Å²) in [5, 5.41) is 3.94. The smallest absolute Gasteiger partial charge is 0.320 e. The molecule has 408 valence electrons. The van der Waals surface area contributed by atoms with Gasteiger partial charge in [0.1, 0.15) is 11.7 Å². The maximum absolute atomic E-state index is 15.7. The molecule has 1 heterocycles. The molecule has 4 fully saturated rings. The Morgan fingerprint density at radius 3 is 1.61 bits per heavy atom. The van der Waals surface area contributed by atoms with Gasteiger partial charge in [-0.05, 0) is 107 Å². The average Bonchev–Trinajstić information content (AvgIpc) is 4.17. The van der Waals surface area contributed by atoms with Crippen LogP contribution >= 0.6 is 22.6 Å². The lowest BCUT2D eigenvalue weighted by atomic mass is 9.43. The number of aldehydes is 1. The van der Waals surface area contributed by atoms with Crippen molar-refractivity contribution >= 4 is 78.2 Å². The zero-order chi connectivity index (χ0) is 54.9. The number of alkyl halides is 1. The Bertz CT molecular complexity index is 2660. The minimum atomic E-state index is -3.29. The summed E-state index contributed by atoms with van der Waals surface area (Å²) in [6, 6.07) is 43.1. The molecule has 76 heavy (non-hydrogen) atoms. The van der Waals surface area contributed by atoms with Crippen molar-refractivity contribution in [3.8, 4) is 0 Å². The molecular formula is C64H83IO9Si2. The Morgan fingerprint density at radius 2 is 1.17 bits per heavy atom. The Morgan fingerprint density at radius 1 is 0.697 bits per heavy atom. The van der Waals surface area contributed by atoms with Crippen LogP contribution in [0, 0.1) is 51.2 Å². The second-order valence-corrected chi connectivity index (χ2v) is 36.3. The van der Waals surface area contributed by atoms with Crippen LogP contribution < -0.4 is 20.7 Å². The van der Waals surface area contributed by atoms with Gasteiger partial charge in [0.05, 0.1) is 39.7 Å². The van der Waals surface area contributed by atoms with Gasteiger partial charge in [-0.3, -0.25) is 9.59 Å². The Labute approximate surface area is 469 Å². The van der Waals surface area contributed by atoms with E-state index >= 15 is 4.79 Å². The van der Waals surface area contributed by atoms with E-state index in [0.717, 1.165) is 35.1 Å². The summed E-state index contributed by atoms with van der Waals surface area (Å²) in [6.07, 6.45) is 4.02. The van der Waals surface area contributed by atoms with Gasteiger partial charge in [-0.2, -0.15) is 0 Å². The Balaban J connectivity index is 1.19. The topological polar surface area (TPSA) is 107 Å². The SMILES string of the molecule is CC(C)C1=C[C@@H]2C[C@]3(C=O)[C@@H]4CC[C@@H](C)[C@H]4C[C@@]2(CO[C@@H]2O[C@H](C)[C@@H](O[Si](c4ccccc4)(c4ccccc4)C(C)(C)C)[C@H](O[Si](c4ccccc4)(c4ccccc4)C(C)(C)C)[C@H]2I)[C@]13C(=O)OCOC(=O)C(C)(C)C. The summed E-state index contributed by atoms with van der Waals surface area (Å²) in [6.45, 7) is 27.4. The van der Waals surface area contributed by atoms with Crippen LogP contribution in [-0.4, -0.2) is 76.8 Å². The molecule has 5 aliphatic rings. The van der Waals surface area contributed by atoms with Gasteiger partial charge in [0.2, 0.25) is 6.79 Å².